The topological polar surface area (TPSA) is 60.7 Å². The highest BCUT2D eigenvalue weighted by Gasteiger charge is 2.17. The fourth-order valence-corrected chi connectivity index (χ4v) is 1.99. The van der Waals surface area contributed by atoms with Crippen LogP contribution in [0.5, 0.6) is 0 Å². The molecule has 0 aliphatic heterocycles. The van der Waals surface area contributed by atoms with E-state index in [1.54, 1.807) is 30.3 Å². The second kappa shape index (κ2) is 6.17. The van der Waals surface area contributed by atoms with Crippen molar-refractivity contribution in [1.82, 2.24) is 0 Å². The van der Waals surface area contributed by atoms with Crippen LogP contribution in [0.3, 0.4) is 0 Å². The zero-order valence-corrected chi connectivity index (χ0v) is 11.0. The first-order chi connectivity index (χ1) is 9.11. The third kappa shape index (κ3) is 3.33. The molecule has 0 aromatic heterocycles. The van der Waals surface area contributed by atoms with Crippen molar-refractivity contribution in [2.75, 3.05) is 6.61 Å². The molecule has 0 amide bonds. The molecule has 2 rings (SSSR count). The molecule has 2 atom stereocenters. The standard InChI is InChI=1S/C15H15ClO3/c16-13-6-4-10(5-7-13)11-2-1-3-12(8-11)15(19)14(18)9-17/h1-8,14-15,17-19H,9H2. The molecule has 2 unspecified atom stereocenters. The Morgan fingerprint density at radius 3 is 2.26 bits per heavy atom. The van der Waals surface area contributed by atoms with Gasteiger partial charge < -0.3 is 15.3 Å². The van der Waals surface area contributed by atoms with E-state index >= 15 is 0 Å². The summed E-state index contributed by atoms with van der Waals surface area (Å²) in [5.74, 6) is 0. The Kier molecular flexibility index (Phi) is 4.56. The Hall–Kier alpha value is -1.39. The molecular weight excluding hydrogens is 264 g/mol. The van der Waals surface area contributed by atoms with Crippen molar-refractivity contribution in [1.29, 1.82) is 0 Å². The summed E-state index contributed by atoms with van der Waals surface area (Å²) in [7, 11) is 0. The molecule has 0 bridgehead atoms. The van der Waals surface area contributed by atoms with Crippen LogP contribution in [0.1, 0.15) is 11.7 Å². The van der Waals surface area contributed by atoms with Crippen LogP contribution in [0.4, 0.5) is 0 Å². The predicted octanol–water partition coefficient (Wildman–Crippen LogP) is 2.39. The fourth-order valence-electron chi connectivity index (χ4n) is 1.87. The average molecular weight is 279 g/mol. The Morgan fingerprint density at radius 1 is 0.947 bits per heavy atom. The summed E-state index contributed by atoms with van der Waals surface area (Å²) in [4.78, 5) is 0. The molecule has 19 heavy (non-hydrogen) atoms. The zero-order valence-electron chi connectivity index (χ0n) is 10.2. The van der Waals surface area contributed by atoms with Crippen LogP contribution in [-0.4, -0.2) is 28.0 Å². The molecule has 3 nitrogen and oxygen atoms in total. The van der Waals surface area contributed by atoms with Crippen molar-refractivity contribution in [3.05, 3.63) is 59.1 Å². The molecule has 100 valence electrons. The van der Waals surface area contributed by atoms with Crippen molar-refractivity contribution < 1.29 is 15.3 Å². The summed E-state index contributed by atoms with van der Waals surface area (Å²) in [6.07, 6.45) is -2.28. The van der Waals surface area contributed by atoms with E-state index in [1.165, 1.54) is 0 Å². The van der Waals surface area contributed by atoms with E-state index in [-0.39, 0.29) is 0 Å². The summed E-state index contributed by atoms with van der Waals surface area (Å²) in [6, 6.07) is 14.6. The van der Waals surface area contributed by atoms with Crippen molar-refractivity contribution >= 4 is 11.6 Å². The monoisotopic (exact) mass is 278 g/mol. The van der Waals surface area contributed by atoms with E-state index in [0.717, 1.165) is 11.1 Å². The largest absolute Gasteiger partial charge is 0.394 e. The molecule has 0 saturated carbocycles. The molecule has 0 radical (unpaired) electrons. The van der Waals surface area contributed by atoms with Gasteiger partial charge in [-0.15, -0.1) is 0 Å². The van der Waals surface area contributed by atoms with Gasteiger partial charge in [-0.2, -0.15) is 0 Å². The van der Waals surface area contributed by atoms with Crippen molar-refractivity contribution in [3.63, 3.8) is 0 Å². The van der Waals surface area contributed by atoms with Gasteiger partial charge in [0.05, 0.1) is 6.61 Å². The second-order valence-corrected chi connectivity index (χ2v) is 4.76. The minimum absolute atomic E-state index is 0.480. The number of benzene rings is 2. The normalized spacial score (nSPS) is 14.1. The molecule has 0 saturated heterocycles. The van der Waals surface area contributed by atoms with Crippen LogP contribution in [0.15, 0.2) is 48.5 Å². The average Bonchev–Trinajstić information content (AvgIpc) is 2.46. The molecule has 2 aromatic carbocycles. The van der Waals surface area contributed by atoms with Crippen molar-refractivity contribution in [2.45, 2.75) is 12.2 Å². The van der Waals surface area contributed by atoms with E-state index in [2.05, 4.69) is 0 Å². The lowest BCUT2D eigenvalue weighted by Gasteiger charge is -2.16. The number of rotatable bonds is 4. The van der Waals surface area contributed by atoms with Crippen molar-refractivity contribution in [3.8, 4) is 11.1 Å². The van der Waals surface area contributed by atoms with Crippen LogP contribution < -0.4 is 0 Å². The minimum atomic E-state index is -1.18. The fraction of sp³-hybridized carbons (Fsp3) is 0.200. The highest BCUT2D eigenvalue weighted by atomic mass is 35.5. The maximum absolute atomic E-state index is 9.87. The van der Waals surface area contributed by atoms with E-state index in [4.69, 9.17) is 16.7 Å². The van der Waals surface area contributed by atoms with Crippen LogP contribution in [0.2, 0.25) is 5.02 Å². The number of aliphatic hydroxyl groups excluding tert-OH is 3. The summed E-state index contributed by atoms with van der Waals surface area (Å²) >= 11 is 5.84. The molecule has 4 heteroatoms. The lowest BCUT2D eigenvalue weighted by molar-refractivity contribution is -0.0152. The quantitative estimate of drug-likeness (QED) is 0.805. The highest BCUT2D eigenvalue weighted by molar-refractivity contribution is 6.30. The smallest absolute Gasteiger partial charge is 0.107 e. The van der Waals surface area contributed by atoms with Crippen LogP contribution in [-0.2, 0) is 0 Å². The van der Waals surface area contributed by atoms with Gasteiger partial charge in [0.1, 0.15) is 12.2 Å². The summed E-state index contributed by atoms with van der Waals surface area (Å²) in [5, 5.41) is 28.9. The predicted molar refractivity (Wildman–Crippen MR) is 74.9 cm³/mol. The maximum Gasteiger partial charge on any atom is 0.107 e. The molecule has 0 spiro atoms. The van der Waals surface area contributed by atoms with E-state index in [9.17, 15) is 10.2 Å². The number of hydrogen-bond acceptors (Lipinski definition) is 3. The van der Waals surface area contributed by atoms with Gasteiger partial charge >= 0.3 is 0 Å². The molecule has 0 aliphatic rings. The molecule has 0 fully saturated rings. The lowest BCUT2D eigenvalue weighted by atomic mass is 9.98. The first-order valence-electron chi connectivity index (χ1n) is 5.94. The molecule has 3 N–H and O–H groups in total. The van der Waals surface area contributed by atoms with Gasteiger partial charge in [0.25, 0.3) is 0 Å². The van der Waals surface area contributed by atoms with E-state index in [0.29, 0.717) is 10.6 Å². The van der Waals surface area contributed by atoms with Gasteiger partial charge in [-0.05, 0) is 34.9 Å². The Morgan fingerprint density at radius 2 is 1.63 bits per heavy atom. The summed E-state index contributed by atoms with van der Waals surface area (Å²) in [6.45, 7) is -0.480. The highest BCUT2D eigenvalue weighted by Crippen LogP contribution is 2.25. The van der Waals surface area contributed by atoms with Gasteiger partial charge in [0, 0.05) is 5.02 Å². The van der Waals surface area contributed by atoms with Crippen LogP contribution >= 0.6 is 11.6 Å². The molecule has 0 aliphatic carbocycles. The lowest BCUT2D eigenvalue weighted by Crippen LogP contribution is -2.21. The Balaban J connectivity index is 2.31. The third-order valence-electron chi connectivity index (χ3n) is 2.96. The first-order valence-corrected chi connectivity index (χ1v) is 6.32. The van der Waals surface area contributed by atoms with Gasteiger partial charge in [0.2, 0.25) is 0 Å². The molecule has 0 heterocycles. The summed E-state index contributed by atoms with van der Waals surface area (Å²) < 4.78 is 0. The minimum Gasteiger partial charge on any atom is -0.394 e. The molecular formula is C15H15ClO3. The van der Waals surface area contributed by atoms with Gasteiger partial charge in [-0.25, -0.2) is 0 Å². The number of aliphatic hydroxyl groups is 3. The zero-order chi connectivity index (χ0) is 13.8. The van der Waals surface area contributed by atoms with Crippen molar-refractivity contribution in [2.24, 2.45) is 0 Å². The first kappa shape index (κ1) is 14.0. The third-order valence-corrected chi connectivity index (χ3v) is 3.21. The maximum atomic E-state index is 9.87. The SMILES string of the molecule is OCC(O)C(O)c1cccc(-c2ccc(Cl)cc2)c1. The number of halogens is 1. The Bertz CT molecular complexity index is 539. The van der Waals surface area contributed by atoms with E-state index in [1.807, 2.05) is 18.2 Å². The molecule has 2 aromatic rings. The second-order valence-electron chi connectivity index (χ2n) is 4.33. The summed E-state index contributed by atoms with van der Waals surface area (Å²) in [5.41, 5.74) is 2.45. The van der Waals surface area contributed by atoms with Gasteiger partial charge in [-0.3, -0.25) is 0 Å². The van der Waals surface area contributed by atoms with E-state index < -0.39 is 18.8 Å². The van der Waals surface area contributed by atoms with Crippen LogP contribution in [0, 0.1) is 0 Å². The number of hydrogen-bond donors (Lipinski definition) is 3. The van der Waals surface area contributed by atoms with Gasteiger partial charge in [-0.1, -0.05) is 41.9 Å². The van der Waals surface area contributed by atoms with Gasteiger partial charge in [0.15, 0.2) is 0 Å². The Labute approximate surface area is 116 Å². The van der Waals surface area contributed by atoms with Crippen LogP contribution in [0.25, 0.3) is 11.1 Å².